The summed E-state index contributed by atoms with van der Waals surface area (Å²) in [6.45, 7) is 0. The van der Waals surface area contributed by atoms with Gasteiger partial charge in [-0.3, -0.25) is 0 Å². The molecule has 11 rings (SSSR count). The van der Waals surface area contributed by atoms with Gasteiger partial charge in [0.05, 0.1) is 22.1 Å². The first-order chi connectivity index (χ1) is 29.4. The summed E-state index contributed by atoms with van der Waals surface area (Å²) in [6, 6.07) is 65.8. The Morgan fingerprint density at radius 3 is 1.50 bits per heavy atom. The molecule has 11 aromatic rings. The molecular weight excluding hydrogens is 738 g/mol. The van der Waals surface area contributed by atoms with Crippen LogP contribution in [0, 0.1) is 0 Å². The van der Waals surface area contributed by atoms with Crippen LogP contribution in [0.5, 0.6) is 0 Å². The molecule has 0 saturated heterocycles. The molecule has 0 atom stereocenters. The van der Waals surface area contributed by atoms with Crippen molar-refractivity contribution >= 4 is 79.5 Å². The number of rotatable bonds is 7. The van der Waals surface area contributed by atoms with Gasteiger partial charge in [0.2, 0.25) is 0 Å². The Balaban J connectivity index is 0.995. The molecule has 0 bridgehead atoms. The van der Waals surface area contributed by atoms with Gasteiger partial charge < -0.3 is 29.2 Å². The maximum atomic E-state index is 10.9. The molecule has 8 heteroatoms. The minimum Gasteiger partial charge on any atom is -0.423 e. The molecule has 0 unspecified atom stereocenters. The molecule has 0 aliphatic rings. The lowest BCUT2D eigenvalue weighted by atomic mass is 9.74. The van der Waals surface area contributed by atoms with E-state index in [1.54, 1.807) is 12.1 Å². The quantitative estimate of drug-likeness (QED) is 0.122. The summed E-state index contributed by atoms with van der Waals surface area (Å²) < 4.78 is 4.54. The minimum atomic E-state index is -1.69. The van der Waals surface area contributed by atoms with E-state index in [-0.39, 0.29) is 0 Å². The van der Waals surface area contributed by atoms with Gasteiger partial charge in [-0.25, -0.2) is 0 Å². The van der Waals surface area contributed by atoms with Crippen LogP contribution in [0.2, 0.25) is 0 Å². The van der Waals surface area contributed by atoms with Crippen molar-refractivity contribution in [2.24, 2.45) is 0 Å². The van der Waals surface area contributed by atoms with Crippen LogP contribution in [-0.2, 0) is 0 Å². The van der Waals surface area contributed by atoms with Gasteiger partial charge in [-0.05, 0) is 110 Å². The molecule has 0 saturated carbocycles. The number of para-hydroxylation sites is 2. The smallest absolute Gasteiger partial charge is 0.423 e. The highest BCUT2D eigenvalue weighted by atomic mass is 16.4. The van der Waals surface area contributed by atoms with Gasteiger partial charge in [0.1, 0.15) is 0 Å². The van der Waals surface area contributed by atoms with Gasteiger partial charge >= 0.3 is 14.2 Å². The second-order valence-corrected chi connectivity index (χ2v) is 15.4. The van der Waals surface area contributed by atoms with E-state index in [0.29, 0.717) is 10.9 Å². The molecule has 0 radical (unpaired) electrons. The van der Waals surface area contributed by atoms with Gasteiger partial charge in [-0.15, -0.1) is 0 Å². The Kier molecular flexibility index (Phi) is 8.55. The van der Waals surface area contributed by atoms with Crippen molar-refractivity contribution in [2.45, 2.75) is 0 Å². The second kappa shape index (κ2) is 14.3. The predicted octanol–water partition coefficient (Wildman–Crippen LogP) is 9.39. The van der Waals surface area contributed by atoms with Crippen molar-refractivity contribution < 1.29 is 20.1 Å². The first-order valence-electron chi connectivity index (χ1n) is 20.0. The van der Waals surface area contributed by atoms with Crippen LogP contribution in [-0.4, -0.2) is 43.5 Å². The van der Waals surface area contributed by atoms with E-state index in [1.807, 2.05) is 54.6 Å². The molecule has 2 heterocycles. The highest BCUT2D eigenvalue weighted by molar-refractivity contribution is 6.61. The van der Waals surface area contributed by atoms with Crippen LogP contribution in [0.1, 0.15) is 0 Å². The zero-order chi connectivity index (χ0) is 40.5. The maximum absolute atomic E-state index is 10.9. The Hall–Kier alpha value is -7.19. The van der Waals surface area contributed by atoms with Gasteiger partial charge in [0.25, 0.3) is 0 Å². The second-order valence-electron chi connectivity index (χ2n) is 15.4. The summed E-state index contributed by atoms with van der Waals surface area (Å²) in [5, 5.41) is 48.7. The van der Waals surface area contributed by atoms with E-state index in [9.17, 15) is 20.1 Å². The van der Waals surface area contributed by atoms with Crippen LogP contribution < -0.4 is 10.9 Å². The molecule has 6 nitrogen and oxygen atoms in total. The van der Waals surface area contributed by atoms with Crippen molar-refractivity contribution in [3.05, 3.63) is 194 Å². The monoisotopic (exact) mass is 774 g/mol. The number of aromatic nitrogens is 2. The molecule has 0 aliphatic carbocycles. The number of fused-ring (bicyclic) bond motifs is 7. The summed E-state index contributed by atoms with van der Waals surface area (Å²) in [5.74, 6) is 0. The lowest BCUT2D eigenvalue weighted by Gasteiger charge is -2.15. The van der Waals surface area contributed by atoms with Crippen LogP contribution in [0.4, 0.5) is 0 Å². The third-order valence-corrected chi connectivity index (χ3v) is 12.0. The number of hydrogen-bond donors (Lipinski definition) is 4. The van der Waals surface area contributed by atoms with E-state index in [2.05, 4.69) is 137 Å². The third-order valence-electron chi connectivity index (χ3n) is 12.0. The molecule has 9 aromatic carbocycles. The predicted molar refractivity (Wildman–Crippen MR) is 249 cm³/mol. The van der Waals surface area contributed by atoms with Gasteiger partial charge in [-0.1, -0.05) is 140 Å². The van der Waals surface area contributed by atoms with Crippen molar-refractivity contribution in [1.82, 2.24) is 9.13 Å². The third kappa shape index (κ3) is 5.77. The Morgan fingerprint density at radius 2 is 0.817 bits per heavy atom. The number of hydrogen-bond acceptors (Lipinski definition) is 4. The van der Waals surface area contributed by atoms with Crippen LogP contribution in [0.15, 0.2) is 194 Å². The van der Waals surface area contributed by atoms with Gasteiger partial charge in [0.15, 0.2) is 0 Å². The first kappa shape index (κ1) is 35.9. The lowest BCUT2D eigenvalue weighted by Crippen LogP contribution is -2.31. The maximum Gasteiger partial charge on any atom is 0.489 e. The topological polar surface area (TPSA) is 90.8 Å². The number of nitrogens with zero attached hydrogens (tertiary/aromatic N) is 2. The minimum absolute atomic E-state index is 0.424. The zero-order valence-corrected chi connectivity index (χ0v) is 32.3. The fraction of sp³-hybridized carbons (Fsp3) is 0. The fourth-order valence-electron chi connectivity index (χ4n) is 9.24. The molecule has 0 spiro atoms. The van der Waals surface area contributed by atoms with E-state index < -0.39 is 14.2 Å². The first-order valence-corrected chi connectivity index (χ1v) is 20.0. The van der Waals surface area contributed by atoms with Crippen molar-refractivity contribution in [1.29, 1.82) is 0 Å². The van der Waals surface area contributed by atoms with Crippen molar-refractivity contribution in [3.8, 4) is 44.8 Å². The fourth-order valence-corrected chi connectivity index (χ4v) is 9.24. The number of benzene rings is 9. The van der Waals surface area contributed by atoms with E-state index in [0.717, 1.165) is 77.6 Å². The Labute approximate surface area is 346 Å². The van der Waals surface area contributed by atoms with Crippen molar-refractivity contribution in [2.75, 3.05) is 0 Å². The normalized spacial score (nSPS) is 11.7. The Bertz CT molecular complexity index is 3440. The summed E-state index contributed by atoms with van der Waals surface area (Å²) in [4.78, 5) is 0. The van der Waals surface area contributed by atoms with Crippen molar-refractivity contribution in [3.63, 3.8) is 0 Å². The molecule has 0 amide bonds. The zero-order valence-electron chi connectivity index (χ0n) is 32.3. The molecule has 4 N–H and O–H groups in total. The lowest BCUT2D eigenvalue weighted by molar-refractivity contribution is 0.424. The van der Waals surface area contributed by atoms with Gasteiger partial charge in [0, 0.05) is 32.9 Å². The molecule has 60 heavy (non-hydrogen) atoms. The summed E-state index contributed by atoms with van der Waals surface area (Å²) in [6.07, 6.45) is 0. The van der Waals surface area contributed by atoms with Crippen LogP contribution >= 0.6 is 0 Å². The molecule has 0 aliphatic heterocycles. The molecular formula is C52H36B2N2O4. The average Bonchev–Trinajstić information content (AvgIpc) is 3.80. The summed E-state index contributed by atoms with van der Waals surface area (Å²) >= 11 is 0. The standard InChI is InChI=1S/C52H36B2N2O4/c57-53(58)46-16-6-3-12-40(46)33-20-25-38(26-21-33)55-49-18-8-5-14-44(49)52-42(15-9-19-50(52)55)37-24-29-41(47(31-37)54(59)60)34-22-27-39(28-23-34)56-48-17-7-4-13-43(48)45-30-35-10-1-2-11-36(35)32-51(45)56/h1-32,57-60H. The summed E-state index contributed by atoms with van der Waals surface area (Å²) in [5.41, 5.74) is 12.3. The largest absolute Gasteiger partial charge is 0.489 e. The highest BCUT2D eigenvalue weighted by Crippen LogP contribution is 2.40. The Morgan fingerprint density at radius 1 is 0.317 bits per heavy atom. The molecule has 0 fully saturated rings. The highest BCUT2D eigenvalue weighted by Gasteiger charge is 2.22. The summed E-state index contributed by atoms with van der Waals surface area (Å²) in [7, 11) is -3.26. The van der Waals surface area contributed by atoms with E-state index in [4.69, 9.17) is 0 Å². The van der Waals surface area contributed by atoms with E-state index in [1.165, 1.54) is 21.5 Å². The SMILES string of the molecule is OB(O)c1ccccc1-c1ccc(-n2c3ccccc3c3c(-c4ccc(-c5ccc(-n6c7ccccc7c7cc8ccccc8cc76)cc5)c(B(O)O)c4)cccc32)cc1. The van der Waals surface area contributed by atoms with E-state index >= 15 is 0 Å². The van der Waals surface area contributed by atoms with Gasteiger partial charge in [-0.2, -0.15) is 0 Å². The van der Waals surface area contributed by atoms with Crippen LogP contribution in [0.25, 0.3) is 99.1 Å². The molecule has 284 valence electrons. The van der Waals surface area contributed by atoms with Crippen LogP contribution in [0.3, 0.4) is 0 Å². The molecule has 2 aromatic heterocycles. The average molecular weight is 774 g/mol.